The molecule has 0 spiro atoms. The summed E-state index contributed by atoms with van der Waals surface area (Å²) in [6, 6.07) is 3.20. The molecule has 21 heavy (non-hydrogen) atoms. The summed E-state index contributed by atoms with van der Waals surface area (Å²) < 4.78 is 43.6. The molecule has 1 N–H and O–H groups in total. The van der Waals surface area contributed by atoms with Crippen molar-refractivity contribution in [3.8, 4) is 5.75 Å². The standard InChI is InChI=1S/C15H15F3O3/c1-2-10(14(19)20)11-4-3-7-21-13-8-9(15(16,17)18)5-6-12(11)13/h5-6,8H,2-4,7H2,1H3,(H,19,20). The molecule has 0 aromatic heterocycles. The molecule has 1 aromatic rings. The average molecular weight is 300 g/mol. The Bertz CT molecular complexity index is 588. The van der Waals surface area contributed by atoms with E-state index in [4.69, 9.17) is 4.74 Å². The lowest BCUT2D eigenvalue weighted by molar-refractivity contribution is -0.137. The van der Waals surface area contributed by atoms with Gasteiger partial charge in [0.25, 0.3) is 0 Å². The highest BCUT2D eigenvalue weighted by molar-refractivity contribution is 5.97. The SMILES string of the molecule is CCC(C(=O)O)=C1CCCOc2cc(C(F)(F)F)ccc21. The van der Waals surface area contributed by atoms with Crippen molar-refractivity contribution in [1.29, 1.82) is 0 Å². The number of aliphatic carboxylic acids is 1. The first-order chi connectivity index (χ1) is 9.84. The van der Waals surface area contributed by atoms with E-state index in [0.29, 0.717) is 30.4 Å². The van der Waals surface area contributed by atoms with E-state index in [1.165, 1.54) is 6.07 Å². The Labute approximate surface area is 120 Å². The van der Waals surface area contributed by atoms with Gasteiger partial charge < -0.3 is 9.84 Å². The molecule has 0 radical (unpaired) electrons. The Balaban J connectivity index is 2.60. The Morgan fingerprint density at radius 2 is 2.10 bits per heavy atom. The number of hydrogen-bond donors (Lipinski definition) is 1. The molecule has 0 amide bonds. The molecule has 1 aliphatic heterocycles. The summed E-state index contributed by atoms with van der Waals surface area (Å²) in [5.41, 5.74) is 0.434. The molecule has 0 saturated heterocycles. The van der Waals surface area contributed by atoms with Crippen LogP contribution in [0.4, 0.5) is 13.2 Å². The average Bonchev–Trinajstić information content (AvgIpc) is 2.60. The van der Waals surface area contributed by atoms with Gasteiger partial charge in [0.15, 0.2) is 0 Å². The van der Waals surface area contributed by atoms with Crippen LogP contribution in [0.15, 0.2) is 23.8 Å². The van der Waals surface area contributed by atoms with E-state index in [-0.39, 0.29) is 17.9 Å². The number of halogens is 3. The number of rotatable bonds is 2. The summed E-state index contributed by atoms with van der Waals surface area (Å²) in [6.07, 6.45) is -3.09. The molecule has 0 saturated carbocycles. The van der Waals surface area contributed by atoms with Gasteiger partial charge in [-0.25, -0.2) is 4.79 Å². The van der Waals surface area contributed by atoms with E-state index in [1.807, 2.05) is 0 Å². The molecule has 1 heterocycles. The quantitative estimate of drug-likeness (QED) is 0.835. The first-order valence-corrected chi connectivity index (χ1v) is 6.64. The van der Waals surface area contributed by atoms with Gasteiger partial charge in [0.05, 0.1) is 12.2 Å². The van der Waals surface area contributed by atoms with Crippen molar-refractivity contribution < 1.29 is 27.8 Å². The van der Waals surface area contributed by atoms with Crippen molar-refractivity contribution in [2.75, 3.05) is 6.61 Å². The Morgan fingerprint density at radius 1 is 1.38 bits per heavy atom. The monoisotopic (exact) mass is 300 g/mol. The van der Waals surface area contributed by atoms with E-state index in [1.54, 1.807) is 6.92 Å². The van der Waals surface area contributed by atoms with E-state index in [0.717, 1.165) is 12.1 Å². The van der Waals surface area contributed by atoms with E-state index in [9.17, 15) is 23.1 Å². The second-order valence-corrected chi connectivity index (χ2v) is 4.78. The third kappa shape index (κ3) is 3.20. The normalized spacial score (nSPS) is 17.5. The summed E-state index contributed by atoms with van der Waals surface area (Å²) in [5, 5.41) is 9.25. The van der Waals surface area contributed by atoms with Crippen LogP contribution < -0.4 is 4.74 Å². The highest BCUT2D eigenvalue weighted by Gasteiger charge is 2.32. The maximum Gasteiger partial charge on any atom is 0.416 e. The summed E-state index contributed by atoms with van der Waals surface area (Å²) in [7, 11) is 0. The van der Waals surface area contributed by atoms with E-state index < -0.39 is 17.7 Å². The number of hydrogen-bond acceptors (Lipinski definition) is 2. The lowest BCUT2D eigenvalue weighted by Gasteiger charge is -2.14. The minimum Gasteiger partial charge on any atom is -0.493 e. The number of alkyl halides is 3. The minimum atomic E-state index is -4.45. The fourth-order valence-corrected chi connectivity index (χ4v) is 2.44. The molecule has 0 bridgehead atoms. The third-order valence-electron chi connectivity index (χ3n) is 3.44. The van der Waals surface area contributed by atoms with E-state index >= 15 is 0 Å². The molecule has 6 heteroatoms. The van der Waals surface area contributed by atoms with Gasteiger partial charge in [-0.1, -0.05) is 13.0 Å². The summed E-state index contributed by atoms with van der Waals surface area (Å²) in [5.74, 6) is -0.940. The highest BCUT2D eigenvalue weighted by Crippen LogP contribution is 2.39. The van der Waals surface area contributed by atoms with Crippen molar-refractivity contribution in [2.24, 2.45) is 0 Å². The van der Waals surface area contributed by atoms with Gasteiger partial charge in [-0.2, -0.15) is 13.2 Å². The highest BCUT2D eigenvalue weighted by atomic mass is 19.4. The fourth-order valence-electron chi connectivity index (χ4n) is 2.44. The van der Waals surface area contributed by atoms with Crippen LogP contribution in [0, 0.1) is 0 Å². The zero-order valence-corrected chi connectivity index (χ0v) is 11.5. The van der Waals surface area contributed by atoms with Crippen LogP contribution in [0.2, 0.25) is 0 Å². The molecule has 0 aliphatic carbocycles. The summed E-state index contributed by atoms with van der Waals surface area (Å²) in [6.45, 7) is 1.99. The van der Waals surface area contributed by atoms with Crippen molar-refractivity contribution in [3.05, 3.63) is 34.9 Å². The van der Waals surface area contributed by atoms with Gasteiger partial charge >= 0.3 is 12.1 Å². The zero-order chi connectivity index (χ0) is 15.6. The molecule has 0 atom stereocenters. The number of carboxylic acids is 1. The van der Waals surface area contributed by atoms with Crippen LogP contribution in [0.25, 0.3) is 5.57 Å². The number of carbonyl (C=O) groups is 1. The van der Waals surface area contributed by atoms with Gasteiger partial charge in [0.1, 0.15) is 5.75 Å². The van der Waals surface area contributed by atoms with Crippen LogP contribution in [0.5, 0.6) is 5.75 Å². The number of carboxylic acid groups (broad SMARTS) is 1. The van der Waals surface area contributed by atoms with E-state index in [2.05, 4.69) is 0 Å². The van der Waals surface area contributed by atoms with Crippen LogP contribution in [-0.4, -0.2) is 17.7 Å². The van der Waals surface area contributed by atoms with Crippen molar-refractivity contribution in [1.82, 2.24) is 0 Å². The Hall–Kier alpha value is -1.98. The zero-order valence-electron chi connectivity index (χ0n) is 11.5. The predicted octanol–water partition coefficient (Wildman–Crippen LogP) is 4.13. The second-order valence-electron chi connectivity index (χ2n) is 4.78. The van der Waals surface area contributed by atoms with Crippen LogP contribution in [0.3, 0.4) is 0 Å². The van der Waals surface area contributed by atoms with Crippen LogP contribution in [0.1, 0.15) is 37.3 Å². The van der Waals surface area contributed by atoms with Crippen LogP contribution in [-0.2, 0) is 11.0 Å². The fraction of sp³-hybridized carbons (Fsp3) is 0.400. The van der Waals surface area contributed by atoms with Gasteiger partial charge in [-0.05, 0) is 37.0 Å². The molecule has 1 aliphatic rings. The number of allylic oxidation sites excluding steroid dienone is 1. The molecule has 114 valence electrons. The smallest absolute Gasteiger partial charge is 0.416 e. The second kappa shape index (κ2) is 5.79. The van der Waals surface area contributed by atoms with Gasteiger partial charge in [0, 0.05) is 11.1 Å². The van der Waals surface area contributed by atoms with Crippen LogP contribution >= 0.6 is 0 Å². The lowest BCUT2D eigenvalue weighted by Crippen LogP contribution is -2.07. The number of benzene rings is 1. The molecular weight excluding hydrogens is 285 g/mol. The maximum absolute atomic E-state index is 12.7. The molecule has 2 rings (SSSR count). The Morgan fingerprint density at radius 3 is 2.67 bits per heavy atom. The predicted molar refractivity (Wildman–Crippen MR) is 71.0 cm³/mol. The molecular formula is C15H15F3O3. The van der Waals surface area contributed by atoms with Crippen molar-refractivity contribution in [2.45, 2.75) is 32.4 Å². The molecule has 1 aromatic carbocycles. The molecule has 3 nitrogen and oxygen atoms in total. The van der Waals surface area contributed by atoms with Crippen molar-refractivity contribution >= 4 is 11.5 Å². The van der Waals surface area contributed by atoms with Crippen molar-refractivity contribution in [3.63, 3.8) is 0 Å². The molecule has 0 fully saturated rings. The third-order valence-corrected chi connectivity index (χ3v) is 3.44. The number of fused-ring (bicyclic) bond motifs is 1. The Kier molecular flexibility index (Phi) is 4.25. The largest absolute Gasteiger partial charge is 0.493 e. The summed E-state index contributed by atoms with van der Waals surface area (Å²) in [4.78, 5) is 11.3. The minimum absolute atomic E-state index is 0.101. The maximum atomic E-state index is 12.7. The molecule has 0 unspecified atom stereocenters. The first kappa shape index (κ1) is 15.4. The van der Waals surface area contributed by atoms with Gasteiger partial charge in [-0.15, -0.1) is 0 Å². The summed E-state index contributed by atoms with van der Waals surface area (Å²) >= 11 is 0. The first-order valence-electron chi connectivity index (χ1n) is 6.64. The topological polar surface area (TPSA) is 46.5 Å². The lowest BCUT2D eigenvalue weighted by atomic mass is 9.93. The van der Waals surface area contributed by atoms with Gasteiger partial charge in [-0.3, -0.25) is 0 Å². The number of ether oxygens (including phenoxy) is 1. The van der Waals surface area contributed by atoms with Gasteiger partial charge in [0.2, 0.25) is 0 Å².